The van der Waals surface area contributed by atoms with Crippen LogP contribution in [-0.4, -0.2) is 43.4 Å². The summed E-state index contributed by atoms with van der Waals surface area (Å²) in [6.45, 7) is -0.365. The average molecular weight is 394 g/mol. The zero-order valence-electron chi connectivity index (χ0n) is 15.4. The number of hydrogen-bond donors (Lipinski definition) is 3. The molecule has 1 fully saturated rings. The normalized spacial score (nSPS) is 23.8. The van der Waals surface area contributed by atoms with Crippen LogP contribution in [0.4, 0.5) is 10.2 Å². The van der Waals surface area contributed by atoms with E-state index in [-0.39, 0.29) is 42.3 Å². The molecule has 1 saturated carbocycles. The van der Waals surface area contributed by atoms with Crippen LogP contribution >= 0.6 is 0 Å². The van der Waals surface area contributed by atoms with Gasteiger partial charge in [-0.2, -0.15) is 0 Å². The van der Waals surface area contributed by atoms with Crippen LogP contribution in [-0.2, 0) is 0 Å². The predicted molar refractivity (Wildman–Crippen MR) is 105 cm³/mol. The number of aliphatic hydroxyl groups excluding tert-OH is 2. The molecule has 8 heteroatoms. The highest BCUT2D eigenvalue weighted by molar-refractivity contribution is 6.07. The molecule has 3 N–H and O–H groups in total. The molecule has 0 unspecified atom stereocenters. The van der Waals surface area contributed by atoms with Gasteiger partial charge in [-0.15, -0.1) is 6.42 Å². The van der Waals surface area contributed by atoms with Crippen LogP contribution in [0.25, 0.3) is 11.0 Å². The molecule has 2 aromatic heterocycles. The Hall–Kier alpha value is -3.28. The Kier molecular flexibility index (Phi) is 4.78. The number of amides is 1. The summed E-state index contributed by atoms with van der Waals surface area (Å²) in [4.78, 5) is 20.7. The third-order valence-corrected chi connectivity index (χ3v) is 5.53. The number of hydrogen-bond acceptors (Lipinski definition) is 5. The van der Waals surface area contributed by atoms with Gasteiger partial charge in [-0.05, 0) is 25.0 Å². The van der Waals surface area contributed by atoms with Crippen molar-refractivity contribution in [1.82, 2.24) is 14.5 Å². The van der Waals surface area contributed by atoms with Crippen molar-refractivity contribution in [2.75, 3.05) is 11.9 Å². The van der Waals surface area contributed by atoms with Gasteiger partial charge in [0.15, 0.2) is 5.82 Å². The first-order valence-corrected chi connectivity index (χ1v) is 9.13. The summed E-state index contributed by atoms with van der Waals surface area (Å²) in [7, 11) is 0. The number of carbonyl (C=O) groups excluding carboxylic acids is 1. The van der Waals surface area contributed by atoms with E-state index in [1.54, 1.807) is 34.9 Å². The Morgan fingerprint density at radius 2 is 2.14 bits per heavy atom. The lowest BCUT2D eigenvalue weighted by Crippen LogP contribution is -2.31. The zero-order chi connectivity index (χ0) is 20.6. The molecule has 3 aromatic rings. The summed E-state index contributed by atoms with van der Waals surface area (Å²) >= 11 is 0. The smallest absolute Gasteiger partial charge is 0.256 e. The quantitative estimate of drug-likeness (QED) is 0.589. The van der Waals surface area contributed by atoms with Crippen molar-refractivity contribution >= 4 is 22.8 Å². The summed E-state index contributed by atoms with van der Waals surface area (Å²) in [6, 6.07) is 8.18. The van der Waals surface area contributed by atoms with Crippen molar-refractivity contribution in [3.63, 3.8) is 0 Å². The Morgan fingerprint density at radius 1 is 1.38 bits per heavy atom. The van der Waals surface area contributed by atoms with Crippen molar-refractivity contribution in [3.05, 3.63) is 54.2 Å². The number of nitrogens with one attached hydrogen (secondary N) is 1. The third kappa shape index (κ3) is 3.14. The van der Waals surface area contributed by atoms with E-state index < -0.39 is 23.2 Å². The fraction of sp³-hybridized carbons (Fsp3) is 0.286. The number of terminal acetylenes is 1. The van der Waals surface area contributed by atoms with Gasteiger partial charge in [-0.1, -0.05) is 24.1 Å². The van der Waals surface area contributed by atoms with Gasteiger partial charge in [-0.25, -0.2) is 14.4 Å². The van der Waals surface area contributed by atoms with Gasteiger partial charge in [0.2, 0.25) is 0 Å². The molecular formula is C21H19FN4O3. The largest absolute Gasteiger partial charge is 0.395 e. The maximum Gasteiger partial charge on any atom is 0.256 e. The van der Waals surface area contributed by atoms with Gasteiger partial charge in [0, 0.05) is 17.8 Å². The molecule has 2 heterocycles. The molecule has 0 bridgehead atoms. The lowest BCUT2D eigenvalue weighted by atomic mass is 9.86. The molecule has 7 nitrogen and oxygen atoms in total. The van der Waals surface area contributed by atoms with Crippen LogP contribution in [0.5, 0.6) is 0 Å². The summed E-state index contributed by atoms with van der Waals surface area (Å²) in [5.74, 6) is 1.54. The van der Waals surface area contributed by atoms with Gasteiger partial charge < -0.3 is 20.1 Å². The van der Waals surface area contributed by atoms with Crippen LogP contribution in [0.3, 0.4) is 0 Å². The fourth-order valence-corrected chi connectivity index (χ4v) is 3.89. The predicted octanol–water partition coefficient (Wildman–Crippen LogP) is 2.13. The van der Waals surface area contributed by atoms with E-state index in [4.69, 9.17) is 6.42 Å². The molecule has 0 saturated heterocycles. The van der Waals surface area contributed by atoms with E-state index in [0.29, 0.717) is 5.56 Å². The highest BCUT2D eigenvalue weighted by Gasteiger charge is 2.46. The average Bonchev–Trinajstić information content (AvgIpc) is 3.26. The maximum atomic E-state index is 14.8. The Balaban J connectivity index is 1.70. The van der Waals surface area contributed by atoms with Gasteiger partial charge in [0.05, 0.1) is 23.5 Å². The third-order valence-electron chi connectivity index (χ3n) is 5.53. The highest BCUT2D eigenvalue weighted by atomic mass is 19.1. The van der Waals surface area contributed by atoms with Gasteiger partial charge in [0.1, 0.15) is 17.8 Å². The minimum Gasteiger partial charge on any atom is -0.395 e. The number of rotatable bonds is 4. The topological polar surface area (TPSA) is 100 Å². The highest BCUT2D eigenvalue weighted by Crippen LogP contribution is 2.45. The summed E-state index contributed by atoms with van der Waals surface area (Å²) < 4.78 is 16.4. The molecule has 1 amide bonds. The standard InChI is InChI=1S/C21H19FN4O3/c1-2-21(11-27)9-14(8-16(21)28)26-10-15(22)17-18(23-12-24-19(17)26)25-20(29)13-6-4-3-5-7-13/h1,3-7,10,12,14,16,27-28H,8-9,11H2,(H,23,24,25,29)/t14-,16-,21+/m0/s1. The van der Waals surface area contributed by atoms with Crippen LogP contribution in [0.2, 0.25) is 0 Å². The summed E-state index contributed by atoms with van der Waals surface area (Å²) in [5, 5.41) is 22.7. The molecule has 1 aromatic carbocycles. The molecule has 0 aliphatic heterocycles. The molecule has 0 radical (unpaired) electrons. The van der Waals surface area contributed by atoms with Crippen molar-refractivity contribution in [1.29, 1.82) is 0 Å². The summed E-state index contributed by atoms with van der Waals surface area (Å²) in [6.07, 6.45) is 7.66. The molecule has 4 rings (SSSR count). The second-order valence-corrected chi connectivity index (χ2v) is 7.19. The first-order valence-electron chi connectivity index (χ1n) is 9.13. The number of fused-ring (bicyclic) bond motifs is 1. The molecule has 1 aliphatic rings. The fourth-order valence-electron chi connectivity index (χ4n) is 3.89. The monoisotopic (exact) mass is 394 g/mol. The first-order chi connectivity index (χ1) is 14.0. The van der Waals surface area contributed by atoms with E-state index >= 15 is 0 Å². The second kappa shape index (κ2) is 7.28. The van der Waals surface area contributed by atoms with Crippen LogP contribution in [0.1, 0.15) is 29.2 Å². The van der Waals surface area contributed by atoms with Crippen molar-refractivity contribution in [3.8, 4) is 12.3 Å². The van der Waals surface area contributed by atoms with Gasteiger partial charge in [-0.3, -0.25) is 4.79 Å². The SMILES string of the molecule is C#C[C@]1(CO)C[C@@H](n2cc(F)c3c(NC(=O)c4ccccc4)ncnc32)C[C@@H]1O. The van der Waals surface area contributed by atoms with E-state index in [0.717, 1.165) is 0 Å². The molecule has 1 aliphatic carbocycles. The number of benzene rings is 1. The molecule has 29 heavy (non-hydrogen) atoms. The van der Waals surface area contributed by atoms with E-state index in [9.17, 15) is 19.4 Å². The lowest BCUT2D eigenvalue weighted by molar-refractivity contribution is 0.0475. The van der Waals surface area contributed by atoms with Crippen LogP contribution in [0, 0.1) is 23.6 Å². The molecule has 0 spiro atoms. The van der Waals surface area contributed by atoms with Gasteiger partial charge >= 0.3 is 0 Å². The number of halogens is 1. The van der Waals surface area contributed by atoms with Crippen molar-refractivity contribution in [2.45, 2.75) is 25.0 Å². The van der Waals surface area contributed by atoms with E-state index in [1.807, 2.05) is 0 Å². The Morgan fingerprint density at radius 3 is 2.79 bits per heavy atom. The van der Waals surface area contributed by atoms with E-state index in [2.05, 4.69) is 21.2 Å². The molecular weight excluding hydrogens is 375 g/mol. The number of aromatic nitrogens is 3. The number of nitrogens with zero attached hydrogens (tertiary/aromatic N) is 3. The summed E-state index contributed by atoms with van der Waals surface area (Å²) in [5.41, 5.74) is -0.377. The van der Waals surface area contributed by atoms with Crippen molar-refractivity contribution in [2.24, 2.45) is 5.41 Å². The van der Waals surface area contributed by atoms with Crippen LogP contribution in [0.15, 0.2) is 42.9 Å². The van der Waals surface area contributed by atoms with Crippen molar-refractivity contribution < 1.29 is 19.4 Å². The number of carbonyl (C=O) groups is 1. The lowest BCUT2D eigenvalue weighted by Gasteiger charge is -2.23. The minimum atomic E-state index is -1.07. The van der Waals surface area contributed by atoms with E-state index in [1.165, 1.54) is 12.5 Å². The number of anilines is 1. The Labute approximate surface area is 166 Å². The number of aliphatic hydroxyl groups is 2. The zero-order valence-corrected chi connectivity index (χ0v) is 15.4. The van der Waals surface area contributed by atoms with Crippen LogP contribution < -0.4 is 5.32 Å². The first kappa shape index (κ1) is 19.1. The minimum absolute atomic E-state index is 0.0593. The second-order valence-electron chi connectivity index (χ2n) is 7.19. The molecule has 3 atom stereocenters. The molecule has 148 valence electrons. The maximum absolute atomic E-state index is 14.8. The Bertz CT molecular complexity index is 1110. The van der Waals surface area contributed by atoms with Gasteiger partial charge in [0.25, 0.3) is 5.91 Å².